The monoisotopic (exact) mass is 160 g/mol. The first kappa shape index (κ1) is 8.86. The lowest BCUT2D eigenvalue weighted by molar-refractivity contribution is 1.65. The van der Waals surface area contributed by atoms with E-state index in [1.807, 2.05) is 6.92 Å². The summed E-state index contributed by atoms with van der Waals surface area (Å²) in [6.45, 7) is 5.33. The van der Waals surface area contributed by atoms with Crippen LogP contribution in [-0.4, -0.2) is 0 Å². The van der Waals surface area contributed by atoms with Crippen molar-refractivity contribution in [1.82, 2.24) is 0 Å². The zero-order valence-electron chi connectivity index (χ0n) is 5.26. The molecule has 0 amide bonds. The van der Waals surface area contributed by atoms with Crippen LogP contribution in [0.15, 0.2) is 34.7 Å². The van der Waals surface area contributed by atoms with Gasteiger partial charge in [-0.1, -0.05) is 30.3 Å². The van der Waals surface area contributed by atoms with Gasteiger partial charge >= 0.3 is 0 Å². The van der Waals surface area contributed by atoms with Crippen molar-refractivity contribution in [2.45, 2.75) is 6.92 Å². The molecule has 0 bridgehead atoms. The molecule has 9 heavy (non-hydrogen) atoms. The fourth-order valence-electron chi connectivity index (χ4n) is 0.273. The Morgan fingerprint density at radius 1 is 1.67 bits per heavy atom. The maximum Gasteiger partial charge on any atom is 0.0495 e. The summed E-state index contributed by atoms with van der Waals surface area (Å²) < 4.78 is 0. The fourth-order valence-corrected chi connectivity index (χ4v) is 0.420. The number of hydrogen-bond donors (Lipinski definition) is 1. The minimum absolute atomic E-state index is 0.651. The van der Waals surface area contributed by atoms with Gasteiger partial charge in [0.1, 0.15) is 0 Å². The summed E-state index contributed by atoms with van der Waals surface area (Å²) in [7, 11) is 0. The Morgan fingerprint density at radius 2 is 2.22 bits per heavy atom. The second-order valence-electron chi connectivity index (χ2n) is 1.53. The minimum Gasteiger partial charge on any atom is -0.147 e. The first-order chi connectivity index (χ1) is 4.18. The molecule has 0 aliphatic rings. The van der Waals surface area contributed by atoms with E-state index in [1.54, 1.807) is 18.2 Å². The van der Waals surface area contributed by atoms with Crippen molar-refractivity contribution < 1.29 is 0 Å². The lowest BCUT2D eigenvalue weighted by Gasteiger charge is -1.88. The van der Waals surface area contributed by atoms with Crippen LogP contribution in [-0.2, 0) is 0 Å². The van der Waals surface area contributed by atoms with Gasteiger partial charge in [-0.15, -0.1) is 12.6 Å². The molecule has 0 heterocycles. The van der Waals surface area contributed by atoms with Gasteiger partial charge in [0.05, 0.1) is 0 Å². The summed E-state index contributed by atoms with van der Waals surface area (Å²) >= 11 is 9.69. The molecular weight excluding hydrogens is 152 g/mol. The highest BCUT2D eigenvalue weighted by Crippen LogP contribution is 2.12. The highest BCUT2D eigenvalue weighted by Gasteiger charge is 1.85. The molecule has 0 rings (SSSR count). The highest BCUT2D eigenvalue weighted by atomic mass is 35.5. The third kappa shape index (κ3) is 4.37. The average molecular weight is 161 g/mol. The van der Waals surface area contributed by atoms with Gasteiger partial charge in [0.2, 0.25) is 0 Å². The Kier molecular flexibility index (Phi) is 4.64. The lowest BCUT2D eigenvalue weighted by atomic mass is 10.4. The molecule has 2 heteroatoms. The summed E-state index contributed by atoms with van der Waals surface area (Å²) in [5.41, 5.74) is 0. The predicted octanol–water partition coefficient (Wildman–Crippen LogP) is 3.13. The molecule has 0 N–H and O–H groups in total. The van der Waals surface area contributed by atoms with Crippen molar-refractivity contribution in [3.63, 3.8) is 0 Å². The van der Waals surface area contributed by atoms with Crippen LogP contribution < -0.4 is 0 Å². The average Bonchev–Trinajstić information content (AvgIpc) is 1.82. The Balaban J connectivity index is 4.06. The van der Waals surface area contributed by atoms with Crippen molar-refractivity contribution in [3.8, 4) is 0 Å². The molecule has 0 spiro atoms. The van der Waals surface area contributed by atoms with Crippen molar-refractivity contribution in [1.29, 1.82) is 0 Å². The topological polar surface area (TPSA) is 0 Å². The second kappa shape index (κ2) is 4.71. The molecule has 50 valence electrons. The second-order valence-corrected chi connectivity index (χ2v) is 2.61. The van der Waals surface area contributed by atoms with Crippen molar-refractivity contribution in [3.05, 3.63) is 34.7 Å². The van der Waals surface area contributed by atoms with Gasteiger partial charge in [0.15, 0.2) is 0 Å². The maximum atomic E-state index is 5.66. The Labute approximate surface area is 66.3 Å². The molecule has 0 aliphatic carbocycles. The van der Waals surface area contributed by atoms with E-state index in [0.717, 1.165) is 4.91 Å². The lowest BCUT2D eigenvalue weighted by Crippen LogP contribution is -1.64. The third-order valence-corrected chi connectivity index (χ3v) is 1.51. The normalized spacial score (nSPS) is 13.7. The molecule has 0 nitrogen and oxygen atoms in total. The van der Waals surface area contributed by atoms with Crippen LogP contribution in [0, 0.1) is 0 Å². The fraction of sp³-hybridized carbons (Fsp3) is 0.143. The Morgan fingerprint density at radius 3 is 2.56 bits per heavy atom. The summed E-state index contributed by atoms with van der Waals surface area (Å²) in [6, 6.07) is 0. The van der Waals surface area contributed by atoms with Crippen LogP contribution in [0.5, 0.6) is 0 Å². The van der Waals surface area contributed by atoms with Crippen LogP contribution in [0.2, 0.25) is 0 Å². The number of rotatable bonds is 2. The molecule has 0 aromatic rings. The van der Waals surface area contributed by atoms with Crippen LogP contribution >= 0.6 is 24.2 Å². The van der Waals surface area contributed by atoms with Gasteiger partial charge in [-0.25, -0.2) is 0 Å². The van der Waals surface area contributed by atoms with E-state index in [1.165, 1.54) is 0 Å². The summed E-state index contributed by atoms with van der Waals surface area (Å²) in [4.78, 5) is 0.815. The third-order valence-electron chi connectivity index (χ3n) is 0.724. The van der Waals surface area contributed by atoms with Gasteiger partial charge in [0, 0.05) is 5.03 Å². The zero-order chi connectivity index (χ0) is 7.28. The minimum atomic E-state index is 0.651. The summed E-state index contributed by atoms with van der Waals surface area (Å²) in [5, 5.41) is 0.651. The van der Waals surface area contributed by atoms with Crippen molar-refractivity contribution in [2.24, 2.45) is 0 Å². The standard InChI is InChI=1S/C7H9ClS/c1-3-4-5-7(8)6(2)9/h3-5,9H,1H2,2H3/b5-4-,7-6-. The van der Waals surface area contributed by atoms with Crippen LogP contribution in [0.1, 0.15) is 6.92 Å². The predicted molar refractivity (Wildman–Crippen MR) is 46.9 cm³/mol. The smallest absolute Gasteiger partial charge is 0.0495 e. The van der Waals surface area contributed by atoms with E-state index in [-0.39, 0.29) is 0 Å². The van der Waals surface area contributed by atoms with Gasteiger partial charge in [-0.2, -0.15) is 0 Å². The van der Waals surface area contributed by atoms with Crippen LogP contribution in [0.3, 0.4) is 0 Å². The molecule has 0 unspecified atom stereocenters. The van der Waals surface area contributed by atoms with E-state index in [0.29, 0.717) is 5.03 Å². The van der Waals surface area contributed by atoms with E-state index < -0.39 is 0 Å². The Hall–Kier alpha value is -0.140. The Bertz CT molecular complexity index is 152. The molecule has 0 aliphatic heterocycles. The van der Waals surface area contributed by atoms with E-state index in [9.17, 15) is 0 Å². The SMILES string of the molecule is C=C/C=C\C(Cl)=C(/C)S. The largest absolute Gasteiger partial charge is 0.147 e. The maximum absolute atomic E-state index is 5.66. The quantitative estimate of drug-likeness (QED) is 0.466. The molecular formula is C7H9ClS. The van der Waals surface area contributed by atoms with Crippen molar-refractivity contribution in [2.75, 3.05) is 0 Å². The van der Waals surface area contributed by atoms with E-state index in [4.69, 9.17) is 11.6 Å². The van der Waals surface area contributed by atoms with Gasteiger partial charge in [-0.05, 0) is 17.9 Å². The molecule has 0 aromatic heterocycles. The molecule has 0 fully saturated rings. The zero-order valence-corrected chi connectivity index (χ0v) is 6.91. The molecule has 0 radical (unpaired) electrons. The number of allylic oxidation sites excluding steroid dienone is 5. The first-order valence-electron chi connectivity index (χ1n) is 2.53. The number of halogens is 1. The van der Waals surface area contributed by atoms with Gasteiger partial charge in [0.25, 0.3) is 0 Å². The summed E-state index contributed by atoms with van der Waals surface area (Å²) in [6.07, 6.45) is 5.18. The first-order valence-corrected chi connectivity index (χ1v) is 3.35. The highest BCUT2D eigenvalue weighted by molar-refractivity contribution is 7.84. The van der Waals surface area contributed by atoms with E-state index in [2.05, 4.69) is 19.2 Å². The molecule has 0 saturated heterocycles. The van der Waals surface area contributed by atoms with Crippen LogP contribution in [0.4, 0.5) is 0 Å². The van der Waals surface area contributed by atoms with E-state index >= 15 is 0 Å². The molecule has 0 atom stereocenters. The number of thiol groups is 1. The van der Waals surface area contributed by atoms with Gasteiger partial charge < -0.3 is 0 Å². The molecule has 0 aromatic carbocycles. The van der Waals surface area contributed by atoms with Crippen LogP contribution in [0.25, 0.3) is 0 Å². The van der Waals surface area contributed by atoms with Gasteiger partial charge in [-0.3, -0.25) is 0 Å². The molecule has 0 saturated carbocycles. The van der Waals surface area contributed by atoms with Crippen molar-refractivity contribution >= 4 is 24.2 Å². The summed E-state index contributed by atoms with van der Waals surface area (Å²) in [5.74, 6) is 0. The number of hydrogen-bond acceptors (Lipinski definition) is 1.